The molecule has 0 heterocycles. The van der Waals surface area contributed by atoms with Crippen LogP contribution in [0.4, 0.5) is 0 Å². The lowest BCUT2D eigenvalue weighted by molar-refractivity contribution is 0.0540. The predicted octanol–water partition coefficient (Wildman–Crippen LogP) is 4.07. The summed E-state index contributed by atoms with van der Waals surface area (Å²) in [6.45, 7) is 6.20. The van der Waals surface area contributed by atoms with Crippen LogP contribution in [0.5, 0.6) is 0 Å². The first-order valence-electron chi connectivity index (χ1n) is 5.82. The Labute approximate surface area is 103 Å². The van der Waals surface area contributed by atoms with Gasteiger partial charge in [0.05, 0.1) is 6.10 Å². The fourth-order valence-electron chi connectivity index (χ4n) is 1.63. The number of hydrogen-bond donors (Lipinski definition) is 1. The minimum atomic E-state index is -0.230. The number of aryl methyl sites for hydroxylation is 1. The molecular weight excluding hydrogens is 220 g/mol. The highest BCUT2D eigenvalue weighted by molar-refractivity contribution is 6.30. The van der Waals surface area contributed by atoms with Gasteiger partial charge in [-0.3, -0.25) is 0 Å². The maximum atomic E-state index is 9.89. The fourth-order valence-corrected chi connectivity index (χ4v) is 1.84. The minimum absolute atomic E-state index is 0.0195. The van der Waals surface area contributed by atoms with E-state index in [9.17, 15) is 5.11 Å². The molecule has 0 aliphatic carbocycles. The molecule has 1 atom stereocenters. The molecule has 0 amide bonds. The molecule has 0 spiro atoms. The van der Waals surface area contributed by atoms with E-state index in [0.29, 0.717) is 0 Å². The van der Waals surface area contributed by atoms with Crippen molar-refractivity contribution in [2.24, 2.45) is 5.41 Å². The number of benzene rings is 1. The van der Waals surface area contributed by atoms with E-state index in [1.165, 1.54) is 5.56 Å². The molecule has 1 unspecified atom stereocenters. The SMILES string of the molecule is CC(C)(C)C(O)CCCc1cccc(Cl)c1. The van der Waals surface area contributed by atoms with Gasteiger partial charge in [-0.1, -0.05) is 44.5 Å². The molecule has 0 aromatic heterocycles. The summed E-state index contributed by atoms with van der Waals surface area (Å²) in [4.78, 5) is 0. The Morgan fingerprint density at radius 2 is 2.00 bits per heavy atom. The lowest BCUT2D eigenvalue weighted by Gasteiger charge is -2.25. The van der Waals surface area contributed by atoms with E-state index < -0.39 is 0 Å². The lowest BCUT2D eigenvalue weighted by atomic mass is 9.86. The number of hydrogen-bond acceptors (Lipinski definition) is 1. The molecule has 2 heteroatoms. The maximum absolute atomic E-state index is 9.89. The van der Waals surface area contributed by atoms with Crippen LogP contribution in [0.25, 0.3) is 0 Å². The average Bonchev–Trinajstić information content (AvgIpc) is 2.16. The third-order valence-electron chi connectivity index (χ3n) is 2.83. The van der Waals surface area contributed by atoms with Crippen molar-refractivity contribution in [3.8, 4) is 0 Å². The zero-order valence-electron chi connectivity index (χ0n) is 10.3. The summed E-state index contributed by atoms with van der Waals surface area (Å²) >= 11 is 5.91. The zero-order chi connectivity index (χ0) is 12.2. The minimum Gasteiger partial charge on any atom is -0.393 e. The molecule has 90 valence electrons. The second-order valence-electron chi connectivity index (χ2n) is 5.40. The van der Waals surface area contributed by atoms with Gasteiger partial charge in [-0.25, -0.2) is 0 Å². The van der Waals surface area contributed by atoms with Gasteiger partial charge in [0.15, 0.2) is 0 Å². The first-order chi connectivity index (χ1) is 7.39. The van der Waals surface area contributed by atoms with Crippen LogP contribution in [-0.4, -0.2) is 11.2 Å². The predicted molar refractivity (Wildman–Crippen MR) is 69.9 cm³/mol. The van der Waals surface area contributed by atoms with Crippen LogP contribution in [0.2, 0.25) is 5.02 Å². The summed E-state index contributed by atoms with van der Waals surface area (Å²) in [5.74, 6) is 0. The summed E-state index contributed by atoms with van der Waals surface area (Å²) in [7, 11) is 0. The number of rotatable bonds is 4. The molecule has 0 saturated carbocycles. The highest BCUT2D eigenvalue weighted by Crippen LogP contribution is 2.23. The van der Waals surface area contributed by atoms with Gasteiger partial charge in [-0.05, 0) is 42.4 Å². The Kier molecular flexibility index (Phi) is 4.82. The smallest absolute Gasteiger partial charge is 0.0588 e. The number of aliphatic hydroxyl groups excluding tert-OH is 1. The largest absolute Gasteiger partial charge is 0.393 e. The van der Waals surface area contributed by atoms with Crippen LogP contribution in [-0.2, 0) is 6.42 Å². The third-order valence-corrected chi connectivity index (χ3v) is 3.07. The van der Waals surface area contributed by atoms with E-state index >= 15 is 0 Å². The Balaban J connectivity index is 2.36. The first-order valence-corrected chi connectivity index (χ1v) is 6.20. The van der Waals surface area contributed by atoms with Crippen molar-refractivity contribution < 1.29 is 5.11 Å². The summed E-state index contributed by atoms with van der Waals surface area (Å²) in [5, 5.41) is 10.7. The molecule has 0 fully saturated rings. The Hall–Kier alpha value is -0.530. The Morgan fingerprint density at radius 3 is 2.56 bits per heavy atom. The molecular formula is C14H21ClO. The van der Waals surface area contributed by atoms with Crippen LogP contribution < -0.4 is 0 Å². The zero-order valence-corrected chi connectivity index (χ0v) is 11.1. The van der Waals surface area contributed by atoms with E-state index in [1.807, 2.05) is 18.2 Å². The van der Waals surface area contributed by atoms with E-state index in [1.54, 1.807) is 0 Å². The molecule has 1 rings (SSSR count). The van der Waals surface area contributed by atoms with Gasteiger partial charge in [0.25, 0.3) is 0 Å². The van der Waals surface area contributed by atoms with Gasteiger partial charge in [0.2, 0.25) is 0 Å². The first kappa shape index (κ1) is 13.5. The van der Waals surface area contributed by atoms with Crippen LogP contribution in [0.15, 0.2) is 24.3 Å². The summed E-state index contributed by atoms with van der Waals surface area (Å²) in [5.41, 5.74) is 1.22. The molecule has 1 aromatic rings. The van der Waals surface area contributed by atoms with Crippen LogP contribution in [0, 0.1) is 5.41 Å². The molecule has 0 saturated heterocycles. The molecule has 1 N–H and O–H groups in total. The third kappa shape index (κ3) is 4.54. The Morgan fingerprint density at radius 1 is 1.31 bits per heavy atom. The van der Waals surface area contributed by atoms with Crippen molar-refractivity contribution in [1.29, 1.82) is 0 Å². The molecule has 0 aliphatic rings. The average molecular weight is 241 g/mol. The van der Waals surface area contributed by atoms with Crippen molar-refractivity contribution in [3.05, 3.63) is 34.9 Å². The summed E-state index contributed by atoms with van der Waals surface area (Å²) in [6.07, 6.45) is 2.59. The monoisotopic (exact) mass is 240 g/mol. The highest BCUT2D eigenvalue weighted by atomic mass is 35.5. The number of halogens is 1. The van der Waals surface area contributed by atoms with Gasteiger partial charge in [0.1, 0.15) is 0 Å². The van der Waals surface area contributed by atoms with Crippen molar-refractivity contribution in [2.75, 3.05) is 0 Å². The quantitative estimate of drug-likeness (QED) is 0.841. The molecule has 0 aliphatic heterocycles. The molecule has 16 heavy (non-hydrogen) atoms. The highest BCUT2D eigenvalue weighted by Gasteiger charge is 2.21. The van der Waals surface area contributed by atoms with Crippen LogP contribution in [0.3, 0.4) is 0 Å². The van der Waals surface area contributed by atoms with Crippen LogP contribution >= 0.6 is 11.6 Å². The van der Waals surface area contributed by atoms with E-state index in [2.05, 4.69) is 26.8 Å². The summed E-state index contributed by atoms with van der Waals surface area (Å²) < 4.78 is 0. The molecule has 0 bridgehead atoms. The van der Waals surface area contributed by atoms with Gasteiger partial charge in [-0.2, -0.15) is 0 Å². The maximum Gasteiger partial charge on any atom is 0.0588 e. The Bertz CT molecular complexity index is 328. The van der Waals surface area contributed by atoms with Crippen LogP contribution in [0.1, 0.15) is 39.2 Å². The molecule has 0 radical (unpaired) electrons. The van der Waals surface area contributed by atoms with Gasteiger partial charge in [-0.15, -0.1) is 0 Å². The number of aliphatic hydroxyl groups is 1. The van der Waals surface area contributed by atoms with Crippen molar-refractivity contribution >= 4 is 11.6 Å². The molecule has 1 nitrogen and oxygen atoms in total. The van der Waals surface area contributed by atoms with E-state index in [4.69, 9.17) is 11.6 Å². The van der Waals surface area contributed by atoms with Crippen molar-refractivity contribution in [3.63, 3.8) is 0 Å². The standard InChI is InChI=1S/C14H21ClO/c1-14(2,3)13(16)9-5-7-11-6-4-8-12(15)10-11/h4,6,8,10,13,16H,5,7,9H2,1-3H3. The van der Waals surface area contributed by atoms with Crippen molar-refractivity contribution in [2.45, 2.75) is 46.1 Å². The lowest BCUT2D eigenvalue weighted by Crippen LogP contribution is -2.25. The van der Waals surface area contributed by atoms with Gasteiger partial charge in [0, 0.05) is 5.02 Å². The van der Waals surface area contributed by atoms with E-state index in [0.717, 1.165) is 24.3 Å². The second kappa shape index (κ2) is 5.70. The van der Waals surface area contributed by atoms with Crippen molar-refractivity contribution in [1.82, 2.24) is 0 Å². The fraction of sp³-hybridized carbons (Fsp3) is 0.571. The normalized spacial score (nSPS) is 13.8. The molecule has 1 aromatic carbocycles. The van der Waals surface area contributed by atoms with Gasteiger partial charge < -0.3 is 5.11 Å². The second-order valence-corrected chi connectivity index (χ2v) is 5.84. The van der Waals surface area contributed by atoms with Gasteiger partial charge >= 0.3 is 0 Å². The summed E-state index contributed by atoms with van der Waals surface area (Å²) in [6, 6.07) is 7.92. The topological polar surface area (TPSA) is 20.2 Å². The van der Waals surface area contributed by atoms with E-state index in [-0.39, 0.29) is 11.5 Å².